The van der Waals surface area contributed by atoms with Crippen LogP contribution in [0.3, 0.4) is 0 Å². The number of rotatable bonds is 10. The Bertz CT molecular complexity index is 375. The summed E-state index contributed by atoms with van der Waals surface area (Å²) in [5.41, 5.74) is 1.23. The first-order valence-corrected chi connectivity index (χ1v) is 8.00. The lowest BCUT2D eigenvalue weighted by molar-refractivity contribution is 0.141. The molecule has 0 spiro atoms. The molecule has 4 nitrogen and oxygen atoms in total. The summed E-state index contributed by atoms with van der Waals surface area (Å²) in [4.78, 5) is 4.65. The fourth-order valence-corrected chi connectivity index (χ4v) is 2.55. The highest BCUT2D eigenvalue weighted by Gasteiger charge is 2.25. The van der Waals surface area contributed by atoms with Crippen molar-refractivity contribution in [3.05, 3.63) is 11.9 Å². The van der Waals surface area contributed by atoms with Gasteiger partial charge >= 0.3 is 0 Å². The highest BCUT2D eigenvalue weighted by atomic mass is 16.5. The Morgan fingerprint density at radius 2 is 1.85 bits per heavy atom. The first kappa shape index (κ1) is 17.0. The molecule has 0 saturated carbocycles. The Kier molecular flexibility index (Phi) is 7.06. The van der Waals surface area contributed by atoms with Crippen molar-refractivity contribution < 1.29 is 4.74 Å². The van der Waals surface area contributed by atoms with Crippen LogP contribution in [0.1, 0.15) is 59.1 Å². The van der Waals surface area contributed by atoms with E-state index < -0.39 is 0 Å². The van der Waals surface area contributed by atoms with Crippen molar-refractivity contribution in [2.45, 2.75) is 72.4 Å². The quantitative estimate of drug-likeness (QED) is 0.659. The van der Waals surface area contributed by atoms with Crippen LogP contribution < -0.4 is 5.32 Å². The summed E-state index contributed by atoms with van der Waals surface area (Å²) < 4.78 is 7.64. The summed E-state index contributed by atoms with van der Waals surface area (Å²) in [7, 11) is 0. The second-order valence-electron chi connectivity index (χ2n) is 5.42. The van der Waals surface area contributed by atoms with E-state index in [1.54, 1.807) is 0 Å². The van der Waals surface area contributed by atoms with E-state index in [4.69, 9.17) is 4.74 Å². The number of aromatic nitrogens is 2. The Balaban J connectivity index is 2.73. The molecule has 0 bridgehead atoms. The first-order valence-electron chi connectivity index (χ1n) is 8.00. The highest BCUT2D eigenvalue weighted by molar-refractivity contribution is 5.33. The van der Waals surface area contributed by atoms with E-state index in [2.05, 4.69) is 48.8 Å². The summed E-state index contributed by atoms with van der Waals surface area (Å²) in [6.45, 7) is 13.4. The van der Waals surface area contributed by atoms with Gasteiger partial charge in [0.1, 0.15) is 0 Å². The van der Waals surface area contributed by atoms with Crippen molar-refractivity contribution >= 4 is 5.95 Å². The molecule has 0 aliphatic heterocycles. The van der Waals surface area contributed by atoms with Gasteiger partial charge in [-0.1, -0.05) is 20.8 Å². The number of hydrogen-bond donors (Lipinski definition) is 1. The number of aryl methyl sites for hydroxylation is 2. The maximum Gasteiger partial charge on any atom is 0.203 e. The molecule has 0 fully saturated rings. The van der Waals surface area contributed by atoms with Crippen molar-refractivity contribution in [2.24, 2.45) is 0 Å². The largest absolute Gasteiger partial charge is 0.382 e. The average Bonchev–Trinajstić information content (AvgIpc) is 2.81. The van der Waals surface area contributed by atoms with Gasteiger partial charge in [0.15, 0.2) is 0 Å². The molecule has 0 amide bonds. The van der Waals surface area contributed by atoms with Gasteiger partial charge in [0.25, 0.3) is 0 Å². The van der Waals surface area contributed by atoms with Gasteiger partial charge in [-0.3, -0.25) is 0 Å². The molecule has 1 N–H and O–H groups in total. The molecule has 0 unspecified atom stereocenters. The van der Waals surface area contributed by atoms with Crippen molar-refractivity contribution in [1.82, 2.24) is 9.55 Å². The number of anilines is 1. The molecular formula is C16H31N3O. The average molecular weight is 281 g/mol. The Morgan fingerprint density at radius 3 is 2.40 bits per heavy atom. The van der Waals surface area contributed by atoms with Gasteiger partial charge in [0.05, 0.1) is 5.69 Å². The zero-order valence-corrected chi connectivity index (χ0v) is 13.8. The van der Waals surface area contributed by atoms with E-state index in [0.717, 1.165) is 57.1 Å². The van der Waals surface area contributed by atoms with Crippen LogP contribution in [0.5, 0.6) is 0 Å². The fourth-order valence-electron chi connectivity index (χ4n) is 2.55. The van der Waals surface area contributed by atoms with E-state index >= 15 is 0 Å². The van der Waals surface area contributed by atoms with Gasteiger partial charge in [-0.15, -0.1) is 0 Å². The van der Waals surface area contributed by atoms with Crippen LogP contribution in [-0.4, -0.2) is 28.3 Å². The Labute approximate surface area is 123 Å². The fraction of sp³-hybridized carbons (Fsp3) is 0.812. The monoisotopic (exact) mass is 281 g/mol. The molecule has 0 aromatic carbocycles. The second-order valence-corrected chi connectivity index (χ2v) is 5.42. The number of ether oxygens (including phenoxy) is 1. The lowest BCUT2D eigenvalue weighted by atomic mass is 9.90. The third-order valence-electron chi connectivity index (χ3n) is 4.20. The van der Waals surface area contributed by atoms with Crippen molar-refractivity contribution in [1.29, 1.82) is 0 Å². The summed E-state index contributed by atoms with van der Waals surface area (Å²) in [6.07, 6.45) is 6.50. The summed E-state index contributed by atoms with van der Waals surface area (Å²) in [6, 6.07) is 0. The van der Waals surface area contributed by atoms with E-state index in [1.165, 1.54) is 0 Å². The van der Waals surface area contributed by atoms with Crippen LogP contribution in [-0.2, 0) is 11.3 Å². The van der Waals surface area contributed by atoms with E-state index in [0.29, 0.717) is 0 Å². The normalized spacial score (nSPS) is 11.8. The molecular weight excluding hydrogens is 250 g/mol. The molecule has 1 aromatic heterocycles. The van der Waals surface area contributed by atoms with Gasteiger partial charge in [0.2, 0.25) is 5.95 Å². The maximum absolute atomic E-state index is 5.41. The van der Waals surface area contributed by atoms with Gasteiger partial charge in [-0.25, -0.2) is 4.98 Å². The summed E-state index contributed by atoms with van der Waals surface area (Å²) in [5, 5.41) is 3.68. The molecule has 1 heterocycles. The molecule has 1 rings (SSSR count). The summed E-state index contributed by atoms with van der Waals surface area (Å²) in [5.74, 6) is 1.00. The highest BCUT2D eigenvalue weighted by Crippen LogP contribution is 2.25. The maximum atomic E-state index is 5.41. The molecule has 20 heavy (non-hydrogen) atoms. The zero-order chi connectivity index (χ0) is 15.0. The van der Waals surface area contributed by atoms with Crippen LogP contribution in [0.25, 0.3) is 0 Å². The molecule has 0 radical (unpaired) electrons. The van der Waals surface area contributed by atoms with Crippen LogP contribution in [0.4, 0.5) is 5.95 Å². The lowest BCUT2D eigenvalue weighted by Gasteiger charge is -2.32. The van der Waals surface area contributed by atoms with E-state index in [9.17, 15) is 0 Å². The van der Waals surface area contributed by atoms with E-state index in [1.807, 2.05) is 6.92 Å². The molecule has 0 atom stereocenters. The molecule has 4 heteroatoms. The first-order chi connectivity index (χ1) is 9.60. The Morgan fingerprint density at radius 1 is 1.20 bits per heavy atom. The summed E-state index contributed by atoms with van der Waals surface area (Å²) >= 11 is 0. The number of imidazole rings is 1. The third-order valence-corrected chi connectivity index (χ3v) is 4.20. The minimum Gasteiger partial charge on any atom is -0.382 e. The van der Waals surface area contributed by atoms with Crippen molar-refractivity contribution in [2.75, 3.05) is 18.5 Å². The van der Waals surface area contributed by atoms with Crippen LogP contribution in [0, 0.1) is 6.92 Å². The Hall–Kier alpha value is -1.03. The van der Waals surface area contributed by atoms with Gasteiger partial charge in [0, 0.05) is 31.5 Å². The second kappa shape index (κ2) is 8.30. The molecule has 0 aliphatic carbocycles. The van der Waals surface area contributed by atoms with Crippen LogP contribution in [0.2, 0.25) is 0 Å². The SMILES string of the molecule is CCOCCCn1cc(C)nc1NC(CC)(CC)CC. The van der Waals surface area contributed by atoms with Gasteiger partial charge in [-0.05, 0) is 39.5 Å². The van der Waals surface area contributed by atoms with Gasteiger partial charge < -0.3 is 14.6 Å². The minimum atomic E-state index is 0.162. The zero-order valence-electron chi connectivity index (χ0n) is 13.8. The molecule has 1 aromatic rings. The minimum absolute atomic E-state index is 0.162. The number of nitrogens with one attached hydrogen (secondary N) is 1. The van der Waals surface area contributed by atoms with Gasteiger partial charge in [-0.2, -0.15) is 0 Å². The number of hydrogen-bond acceptors (Lipinski definition) is 3. The standard InChI is InChI=1S/C16H31N3O/c1-6-16(7-2,8-3)18-15-17-14(5)13-19(15)11-10-12-20-9-4/h13H,6-12H2,1-5H3,(H,17,18). The predicted octanol–water partition coefficient (Wildman–Crippen LogP) is 4.00. The smallest absolute Gasteiger partial charge is 0.203 e. The predicted molar refractivity (Wildman–Crippen MR) is 85.3 cm³/mol. The topological polar surface area (TPSA) is 39.1 Å². The third kappa shape index (κ3) is 4.51. The number of nitrogens with zero attached hydrogens (tertiary/aromatic N) is 2. The molecule has 0 saturated heterocycles. The molecule has 0 aliphatic rings. The van der Waals surface area contributed by atoms with Crippen LogP contribution >= 0.6 is 0 Å². The van der Waals surface area contributed by atoms with E-state index in [-0.39, 0.29) is 5.54 Å². The van der Waals surface area contributed by atoms with Crippen molar-refractivity contribution in [3.8, 4) is 0 Å². The lowest BCUT2D eigenvalue weighted by Crippen LogP contribution is -2.37. The van der Waals surface area contributed by atoms with Crippen molar-refractivity contribution in [3.63, 3.8) is 0 Å². The van der Waals surface area contributed by atoms with Crippen LogP contribution in [0.15, 0.2) is 6.20 Å². The molecule has 116 valence electrons.